The number of amides is 2. The van der Waals surface area contributed by atoms with Crippen LogP contribution in [0.1, 0.15) is 78.2 Å². The van der Waals surface area contributed by atoms with Gasteiger partial charge < -0.3 is 24.3 Å². The van der Waals surface area contributed by atoms with E-state index in [9.17, 15) is 18.0 Å². The first-order valence-electron chi connectivity index (χ1n) is 15.8. The molecule has 0 aliphatic carbocycles. The molecule has 1 N–H and O–H groups in total. The van der Waals surface area contributed by atoms with Gasteiger partial charge in [-0.25, -0.2) is 27.8 Å². The maximum absolute atomic E-state index is 14.0. The van der Waals surface area contributed by atoms with E-state index in [1.165, 1.54) is 12.1 Å². The highest BCUT2D eigenvalue weighted by Gasteiger charge is 2.37. The molecule has 0 aliphatic heterocycles. The van der Waals surface area contributed by atoms with Gasteiger partial charge in [-0.1, -0.05) is 42.1 Å². The van der Waals surface area contributed by atoms with Gasteiger partial charge in [-0.15, -0.1) is 0 Å². The van der Waals surface area contributed by atoms with Crippen molar-refractivity contribution in [3.8, 4) is 0 Å². The van der Waals surface area contributed by atoms with Gasteiger partial charge in [0.1, 0.15) is 5.37 Å². The molecule has 1 aromatic rings. The highest BCUT2D eigenvalue weighted by atomic mass is 32.2. The SMILES string of the molecule is CCOC(CCNC(=O)OOC(=O)N(CCC(OCC)OCC)C(CCCCCCN=[N+]=[N-])S(=O)(=O)c1ccc(C)cc1)OCC. The third-order valence-corrected chi connectivity index (χ3v) is 8.80. The van der Waals surface area contributed by atoms with Crippen LogP contribution < -0.4 is 5.32 Å². The fourth-order valence-electron chi connectivity index (χ4n) is 4.48. The Morgan fingerprint density at radius 3 is 1.98 bits per heavy atom. The summed E-state index contributed by atoms with van der Waals surface area (Å²) < 4.78 is 50.2. The molecule has 0 heterocycles. The third-order valence-electron chi connectivity index (χ3n) is 6.67. The average Bonchev–Trinajstić information content (AvgIpc) is 3.02. The zero-order chi connectivity index (χ0) is 34.2. The number of ether oxygens (including phenoxy) is 4. The molecule has 1 rings (SSSR count). The normalized spacial score (nSPS) is 12.1. The first-order chi connectivity index (χ1) is 22.1. The molecule has 0 fully saturated rings. The summed E-state index contributed by atoms with van der Waals surface area (Å²) in [5.41, 5.74) is 9.36. The van der Waals surface area contributed by atoms with Gasteiger partial charge in [-0.05, 0) is 65.1 Å². The lowest BCUT2D eigenvalue weighted by atomic mass is 10.1. The second-order valence-electron chi connectivity index (χ2n) is 10.1. The molecule has 1 atom stereocenters. The van der Waals surface area contributed by atoms with Crippen LogP contribution in [-0.4, -0.2) is 89.5 Å². The minimum atomic E-state index is -4.12. The minimum Gasteiger partial charge on any atom is -0.353 e. The van der Waals surface area contributed by atoms with Crippen molar-refractivity contribution in [2.75, 3.05) is 46.1 Å². The molecule has 2 amide bonds. The Bertz CT molecular complexity index is 1140. The predicted octanol–water partition coefficient (Wildman–Crippen LogP) is 6.01. The van der Waals surface area contributed by atoms with Gasteiger partial charge in [0.05, 0.1) is 4.90 Å². The molecule has 0 saturated carbocycles. The lowest BCUT2D eigenvalue weighted by molar-refractivity contribution is -0.191. The maximum atomic E-state index is 14.0. The number of nitrogens with zero attached hydrogens (tertiary/aromatic N) is 4. The molecule has 1 aromatic carbocycles. The van der Waals surface area contributed by atoms with Crippen LogP contribution >= 0.6 is 0 Å². The lowest BCUT2D eigenvalue weighted by Crippen LogP contribution is -2.47. The topological polar surface area (TPSA) is 188 Å². The molecular weight excluding hydrogens is 622 g/mol. The van der Waals surface area contributed by atoms with Gasteiger partial charge in [-0.3, -0.25) is 4.90 Å². The zero-order valence-corrected chi connectivity index (χ0v) is 28.5. The van der Waals surface area contributed by atoms with Crippen LogP contribution in [0.3, 0.4) is 0 Å². The number of carbonyl (C=O) groups excluding carboxylic acids is 2. The Hall–Kier alpha value is -3.14. The van der Waals surface area contributed by atoms with Crippen molar-refractivity contribution in [1.82, 2.24) is 10.2 Å². The van der Waals surface area contributed by atoms with E-state index in [0.29, 0.717) is 65.1 Å². The number of azide groups is 1. The van der Waals surface area contributed by atoms with Crippen LogP contribution in [0.2, 0.25) is 0 Å². The number of unbranched alkanes of at least 4 members (excludes halogenated alkanes) is 3. The van der Waals surface area contributed by atoms with Gasteiger partial charge in [-0.2, -0.15) is 0 Å². The molecule has 0 bridgehead atoms. The van der Waals surface area contributed by atoms with Crippen LogP contribution in [0.4, 0.5) is 9.59 Å². The van der Waals surface area contributed by atoms with E-state index in [1.54, 1.807) is 26.0 Å². The second-order valence-corrected chi connectivity index (χ2v) is 12.2. The van der Waals surface area contributed by atoms with E-state index < -0.39 is 40.0 Å². The zero-order valence-electron chi connectivity index (χ0n) is 27.7. The molecule has 262 valence electrons. The quantitative estimate of drug-likeness (QED) is 0.0259. The summed E-state index contributed by atoms with van der Waals surface area (Å²) in [6.45, 7) is 10.9. The summed E-state index contributed by atoms with van der Waals surface area (Å²) in [6, 6.07) is 6.34. The summed E-state index contributed by atoms with van der Waals surface area (Å²) in [7, 11) is -4.12. The fourth-order valence-corrected chi connectivity index (χ4v) is 6.31. The average molecular weight is 674 g/mol. The summed E-state index contributed by atoms with van der Waals surface area (Å²) in [6.07, 6.45) is -0.479. The summed E-state index contributed by atoms with van der Waals surface area (Å²) in [4.78, 5) is 39.3. The highest BCUT2D eigenvalue weighted by molar-refractivity contribution is 7.92. The van der Waals surface area contributed by atoms with Gasteiger partial charge in [0.15, 0.2) is 22.4 Å². The smallest absolute Gasteiger partial charge is 0.353 e. The van der Waals surface area contributed by atoms with Gasteiger partial charge in [0.2, 0.25) is 0 Å². The Morgan fingerprint density at radius 1 is 0.848 bits per heavy atom. The minimum absolute atomic E-state index is 0.0345. The maximum Gasteiger partial charge on any atom is 0.454 e. The van der Waals surface area contributed by atoms with Crippen molar-refractivity contribution in [3.05, 3.63) is 40.3 Å². The van der Waals surface area contributed by atoms with Crippen molar-refractivity contribution in [2.24, 2.45) is 5.11 Å². The molecule has 0 aliphatic rings. The van der Waals surface area contributed by atoms with Crippen LogP contribution in [0.5, 0.6) is 0 Å². The van der Waals surface area contributed by atoms with Crippen LogP contribution in [-0.2, 0) is 38.6 Å². The standard InChI is InChI=1S/C30H51N5O10S/c1-6-40-27(41-7-2)19-22-32-29(36)44-45-30(37)35(23-20-28(42-8-3)43-9-4)26(14-12-10-11-13-21-33-34-31)46(38,39)25-17-15-24(5)16-18-25/h15-18,26-28H,6-14,19-23H2,1-5H3,(H,32,36). The van der Waals surface area contributed by atoms with Crippen LogP contribution in [0, 0.1) is 6.92 Å². The van der Waals surface area contributed by atoms with E-state index in [-0.39, 0.29) is 30.8 Å². The Kier molecular flexibility index (Phi) is 21.4. The largest absolute Gasteiger partial charge is 0.454 e. The van der Waals surface area contributed by atoms with E-state index in [1.807, 2.05) is 20.8 Å². The van der Waals surface area contributed by atoms with E-state index in [4.69, 9.17) is 34.3 Å². The Labute approximate surface area is 272 Å². The predicted molar refractivity (Wildman–Crippen MR) is 170 cm³/mol. The molecule has 15 nitrogen and oxygen atoms in total. The van der Waals surface area contributed by atoms with E-state index in [2.05, 4.69) is 15.3 Å². The number of sulfone groups is 1. The third kappa shape index (κ3) is 15.9. The molecule has 46 heavy (non-hydrogen) atoms. The first-order valence-corrected chi connectivity index (χ1v) is 17.4. The van der Waals surface area contributed by atoms with Crippen molar-refractivity contribution in [3.63, 3.8) is 0 Å². The highest BCUT2D eigenvalue weighted by Crippen LogP contribution is 2.26. The van der Waals surface area contributed by atoms with Crippen molar-refractivity contribution < 1.29 is 46.7 Å². The first kappa shape index (κ1) is 40.9. The number of aryl methyl sites for hydroxylation is 1. The molecule has 0 radical (unpaired) electrons. The second kappa shape index (κ2) is 24.1. The number of nitrogens with one attached hydrogen (secondary N) is 1. The van der Waals surface area contributed by atoms with Crippen molar-refractivity contribution >= 4 is 22.0 Å². The molecule has 0 saturated heterocycles. The van der Waals surface area contributed by atoms with Gasteiger partial charge in [0, 0.05) is 63.8 Å². The number of carbonyl (C=O) groups is 2. The monoisotopic (exact) mass is 673 g/mol. The molecule has 16 heteroatoms. The van der Waals surface area contributed by atoms with E-state index in [0.717, 1.165) is 10.5 Å². The summed E-state index contributed by atoms with van der Waals surface area (Å²) in [5.74, 6) is 0. The summed E-state index contributed by atoms with van der Waals surface area (Å²) >= 11 is 0. The molecule has 0 spiro atoms. The Morgan fingerprint density at radius 2 is 1.41 bits per heavy atom. The van der Waals surface area contributed by atoms with Crippen LogP contribution in [0.25, 0.3) is 10.4 Å². The molecular formula is C30H51N5O10S. The van der Waals surface area contributed by atoms with Crippen molar-refractivity contribution in [1.29, 1.82) is 0 Å². The van der Waals surface area contributed by atoms with Crippen molar-refractivity contribution in [2.45, 2.75) is 102 Å². The van der Waals surface area contributed by atoms with E-state index >= 15 is 0 Å². The van der Waals surface area contributed by atoms with Crippen LogP contribution in [0.15, 0.2) is 34.3 Å². The molecule has 0 aromatic heterocycles. The fraction of sp³-hybridized carbons (Fsp3) is 0.733. The number of rotatable bonds is 24. The number of hydrogen-bond donors (Lipinski definition) is 1. The molecule has 1 unspecified atom stereocenters. The number of benzene rings is 1. The van der Waals surface area contributed by atoms with Gasteiger partial charge >= 0.3 is 12.2 Å². The van der Waals surface area contributed by atoms with Gasteiger partial charge in [0.25, 0.3) is 0 Å². The lowest BCUT2D eigenvalue weighted by Gasteiger charge is -2.31. The summed E-state index contributed by atoms with van der Waals surface area (Å²) in [5, 5.41) is 4.63. The Balaban J connectivity index is 3.19. The number of hydrogen-bond acceptors (Lipinski definition) is 11.